The molecular weight excluding hydrogens is 468 g/mol. The lowest BCUT2D eigenvalue weighted by atomic mass is 9.89. The highest BCUT2D eigenvalue weighted by molar-refractivity contribution is 6.59. The minimum Gasteiger partial charge on any atom is -0.403 e. The van der Waals surface area contributed by atoms with E-state index < -0.39 is 17.9 Å². The Kier molecular flexibility index (Phi) is 8.32. The molecule has 0 saturated carbocycles. The summed E-state index contributed by atoms with van der Waals surface area (Å²) >= 11 is 0. The molecule has 0 aromatic heterocycles. The molecule has 1 aliphatic rings. The molecule has 185 valence electrons. The first-order valence-electron chi connectivity index (χ1n) is 12.4. The van der Waals surface area contributed by atoms with Crippen molar-refractivity contribution in [2.75, 3.05) is 0 Å². The number of benzene rings is 3. The Morgan fingerprint density at radius 1 is 0.857 bits per heavy atom. The van der Waals surface area contributed by atoms with Crippen LogP contribution < -0.4 is 4.74 Å². The first-order valence-corrected chi connectivity index (χ1v) is 14.6. The summed E-state index contributed by atoms with van der Waals surface area (Å²) in [5.41, 5.74) is 3.65. The summed E-state index contributed by atoms with van der Waals surface area (Å²) in [6.07, 6.45) is 1.46. The van der Waals surface area contributed by atoms with Crippen LogP contribution in [0.5, 0.6) is 5.75 Å². The number of rotatable bonds is 8. The van der Waals surface area contributed by atoms with Gasteiger partial charge in [0.15, 0.2) is 11.6 Å². The van der Waals surface area contributed by atoms with Crippen molar-refractivity contribution < 1.29 is 22.3 Å². The molecule has 4 rings (SSSR count). The molecule has 0 atom stereocenters. The first kappa shape index (κ1) is 25.5. The summed E-state index contributed by atoms with van der Waals surface area (Å²) < 4.78 is 57.2. The van der Waals surface area contributed by atoms with Crippen LogP contribution in [0.4, 0.5) is 17.6 Å². The van der Waals surface area contributed by atoms with Crippen LogP contribution in [-0.4, -0.2) is 15.2 Å². The zero-order chi connectivity index (χ0) is 24.8. The van der Waals surface area contributed by atoms with Gasteiger partial charge in [-0.25, -0.2) is 4.39 Å². The van der Waals surface area contributed by atoms with Gasteiger partial charge in [0.25, 0.3) is 0 Å². The average Bonchev–Trinajstić information content (AvgIpc) is 2.85. The van der Waals surface area contributed by atoms with Crippen molar-refractivity contribution in [2.24, 2.45) is 0 Å². The summed E-state index contributed by atoms with van der Waals surface area (Å²) in [5.74, 6) is -1.31. The van der Waals surface area contributed by atoms with Crippen molar-refractivity contribution in [1.29, 1.82) is 0 Å². The second-order valence-corrected chi connectivity index (χ2v) is 12.3. The van der Waals surface area contributed by atoms with Gasteiger partial charge in [-0.1, -0.05) is 105 Å². The number of ether oxygens (including phenoxy) is 1. The Labute approximate surface area is 206 Å². The van der Waals surface area contributed by atoms with Crippen molar-refractivity contribution in [3.05, 3.63) is 78.1 Å². The van der Waals surface area contributed by atoms with Gasteiger partial charge in [-0.2, -0.15) is 0 Å². The molecule has 1 heterocycles. The summed E-state index contributed by atoms with van der Waals surface area (Å²) in [4.78, 5) is 0. The molecule has 3 aromatic rings. The monoisotopic (exact) mass is 499 g/mol. The normalized spacial score (nSPS) is 15.3. The van der Waals surface area contributed by atoms with Gasteiger partial charge >= 0.3 is 6.36 Å². The Balaban J connectivity index is 1.58. The maximum Gasteiger partial charge on any atom is 0.573 e. The van der Waals surface area contributed by atoms with Crippen molar-refractivity contribution >= 4 is 8.80 Å². The van der Waals surface area contributed by atoms with Gasteiger partial charge in [0, 0.05) is 14.4 Å². The SMILES string of the molecule is CCCCC[Si]1CCC(c2cccc(-c3ccccc3-c3cccc(OC(F)(F)F)c3F)c2)CC1. The first-order chi connectivity index (χ1) is 16.9. The van der Waals surface area contributed by atoms with Crippen molar-refractivity contribution in [1.82, 2.24) is 0 Å². The van der Waals surface area contributed by atoms with E-state index in [2.05, 4.69) is 23.8 Å². The lowest BCUT2D eigenvalue weighted by Gasteiger charge is -2.28. The molecule has 1 radical (unpaired) electrons. The zero-order valence-corrected chi connectivity index (χ0v) is 21.0. The largest absolute Gasteiger partial charge is 0.573 e. The van der Waals surface area contributed by atoms with Crippen LogP contribution in [-0.2, 0) is 0 Å². The fraction of sp³-hybridized carbons (Fsp3) is 0.379. The van der Waals surface area contributed by atoms with Crippen molar-refractivity contribution in [3.63, 3.8) is 0 Å². The van der Waals surface area contributed by atoms with E-state index in [1.165, 1.54) is 67.9 Å². The van der Waals surface area contributed by atoms with E-state index in [4.69, 9.17) is 0 Å². The molecule has 1 fully saturated rings. The Bertz CT molecular complexity index is 1120. The van der Waals surface area contributed by atoms with E-state index in [-0.39, 0.29) is 14.4 Å². The van der Waals surface area contributed by atoms with E-state index in [1.807, 2.05) is 24.3 Å². The number of alkyl halides is 3. The predicted octanol–water partition coefficient (Wildman–Crippen LogP) is 9.62. The van der Waals surface area contributed by atoms with Crippen LogP contribution in [0.15, 0.2) is 66.7 Å². The van der Waals surface area contributed by atoms with E-state index in [0.717, 1.165) is 17.2 Å². The minimum atomic E-state index is -4.95. The fourth-order valence-electron chi connectivity index (χ4n) is 5.09. The molecule has 1 aliphatic heterocycles. The highest BCUT2D eigenvalue weighted by atomic mass is 28.3. The standard InChI is InChI=1S/C29H31F4OSi/c1-2-3-6-17-35-18-15-21(16-19-35)22-9-7-10-23(20-22)24-11-4-5-12-25(24)26-13-8-14-27(28(26)30)34-29(31,32)33/h4-5,7-14,20-21H,2-3,6,15-19H2,1H3. The minimum absolute atomic E-state index is 0.0877. The Hall–Kier alpha value is -2.60. The molecule has 1 saturated heterocycles. The molecule has 1 nitrogen and oxygen atoms in total. The van der Waals surface area contributed by atoms with Crippen LogP contribution in [0.1, 0.15) is 50.5 Å². The van der Waals surface area contributed by atoms with Gasteiger partial charge in [-0.15, -0.1) is 13.2 Å². The van der Waals surface area contributed by atoms with Crippen LogP contribution in [0.25, 0.3) is 22.3 Å². The summed E-state index contributed by atoms with van der Waals surface area (Å²) in [6.45, 7) is 2.25. The highest BCUT2D eigenvalue weighted by Crippen LogP contribution is 2.40. The third-order valence-corrected chi connectivity index (χ3v) is 9.95. The Morgan fingerprint density at radius 3 is 2.26 bits per heavy atom. The molecular formula is C29H31F4OSi. The molecule has 0 aliphatic carbocycles. The van der Waals surface area contributed by atoms with Gasteiger partial charge in [0.05, 0.1) is 0 Å². The maximum absolute atomic E-state index is 15.1. The number of unbranched alkanes of at least 4 members (excludes halogenated alkanes) is 2. The van der Waals surface area contributed by atoms with Crippen molar-refractivity contribution in [2.45, 2.75) is 69.4 Å². The van der Waals surface area contributed by atoms with E-state index in [9.17, 15) is 13.2 Å². The smallest absolute Gasteiger partial charge is 0.403 e. The summed E-state index contributed by atoms with van der Waals surface area (Å²) in [5, 5.41) is 0. The van der Waals surface area contributed by atoms with Gasteiger partial charge in [0.2, 0.25) is 0 Å². The van der Waals surface area contributed by atoms with Crippen LogP contribution in [0.3, 0.4) is 0 Å². The van der Waals surface area contributed by atoms with E-state index >= 15 is 4.39 Å². The van der Waals surface area contributed by atoms with Crippen molar-refractivity contribution in [3.8, 4) is 28.0 Å². The van der Waals surface area contributed by atoms with Gasteiger partial charge in [-0.05, 0) is 47.1 Å². The molecule has 0 amide bonds. The molecule has 0 spiro atoms. The lowest BCUT2D eigenvalue weighted by Crippen LogP contribution is -2.20. The van der Waals surface area contributed by atoms with Crippen LogP contribution in [0, 0.1) is 5.82 Å². The quantitative estimate of drug-likeness (QED) is 0.170. The molecule has 35 heavy (non-hydrogen) atoms. The Morgan fingerprint density at radius 2 is 1.54 bits per heavy atom. The lowest BCUT2D eigenvalue weighted by molar-refractivity contribution is -0.275. The molecule has 0 unspecified atom stereocenters. The van der Waals surface area contributed by atoms with Crippen LogP contribution >= 0.6 is 0 Å². The van der Waals surface area contributed by atoms with Gasteiger partial charge < -0.3 is 4.74 Å². The molecule has 0 bridgehead atoms. The van der Waals surface area contributed by atoms with Gasteiger partial charge in [0.1, 0.15) is 0 Å². The van der Waals surface area contributed by atoms with Crippen LogP contribution in [0.2, 0.25) is 18.1 Å². The number of hydrogen-bond acceptors (Lipinski definition) is 1. The second-order valence-electron chi connectivity index (χ2n) is 9.32. The number of halogens is 4. The number of hydrogen-bond donors (Lipinski definition) is 0. The third-order valence-electron chi connectivity index (χ3n) is 6.90. The van der Waals surface area contributed by atoms with E-state index in [0.29, 0.717) is 11.5 Å². The highest BCUT2D eigenvalue weighted by Gasteiger charge is 2.33. The molecule has 6 heteroatoms. The topological polar surface area (TPSA) is 9.23 Å². The molecule has 0 N–H and O–H groups in total. The second kappa shape index (κ2) is 11.4. The summed E-state index contributed by atoms with van der Waals surface area (Å²) in [7, 11) is -0.219. The van der Waals surface area contributed by atoms with E-state index in [1.54, 1.807) is 12.1 Å². The zero-order valence-electron chi connectivity index (χ0n) is 20.0. The van der Waals surface area contributed by atoms with Gasteiger partial charge in [-0.3, -0.25) is 0 Å². The predicted molar refractivity (Wildman–Crippen MR) is 136 cm³/mol. The summed E-state index contributed by atoms with van der Waals surface area (Å²) in [6, 6.07) is 23.6. The maximum atomic E-state index is 15.1. The third kappa shape index (κ3) is 6.54. The molecule has 3 aromatic carbocycles. The fourth-order valence-corrected chi connectivity index (χ4v) is 8.10. The average molecular weight is 500 g/mol.